The number of imide groups is 1. The number of ketones is 1. The molecule has 1 spiro atoms. The summed E-state index contributed by atoms with van der Waals surface area (Å²) in [5.41, 5.74) is 1.71. The largest absolute Gasteiger partial charge is 0.325 e. The number of benzene rings is 1. The molecule has 5 heteroatoms. The van der Waals surface area contributed by atoms with Gasteiger partial charge in [0.15, 0.2) is 5.78 Å². The van der Waals surface area contributed by atoms with E-state index >= 15 is 0 Å². The quantitative estimate of drug-likeness (QED) is 0.685. The molecule has 0 bridgehead atoms. The zero-order valence-electron chi connectivity index (χ0n) is 14.5. The summed E-state index contributed by atoms with van der Waals surface area (Å²) in [5.74, 6) is -0.335. The molecule has 1 aromatic rings. The van der Waals surface area contributed by atoms with Crippen LogP contribution in [0.1, 0.15) is 54.1 Å². The number of carbonyl (C=O) groups excluding carboxylic acids is 3. The number of rotatable bonds is 3. The molecule has 2 fully saturated rings. The number of aryl methyl sites for hydroxylation is 2. The van der Waals surface area contributed by atoms with Crippen LogP contribution in [0.3, 0.4) is 0 Å². The molecule has 24 heavy (non-hydrogen) atoms. The zero-order chi connectivity index (χ0) is 17.5. The molecule has 3 rings (SSSR count). The SMILES string of the molecule is Cc1ccc(C(=O)CN2C(=O)N[C@]3(CCCC[C@H]3C)C2=O)c(C)c1. The maximum Gasteiger partial charge on any atom is 0.325 e. The van der Waals surface area contributed by atoms with Crippen molar-refractivity contribution in [1.29, 1.82) is 0 Å². The summed E-state index contributed by atoms with van der Waals surface area (Å²) in [6.45, 7) is 5.65. The van der Waals surface area contributed by atoms with Crippen LogP contribution in [0.2, 0.25) is 0 Å². The lowest BCUT2D eigenvalue weighted by Gasteiger charge is -2.36. The normalized spacial score (nSPS) is 26.8. The van der Waals surface area contributed by atoms with Crippen LogP contribution >= 0.6 is 0 Å². The van der Waals surface area contributed by atoms with Gasteiger partial charge in [-0.3, -0.25) is 14.5 Å². The predicted octanol–water partition coefficient (Wildman–Crippen LogP) is 2.99. The number of urea groups is 1. The van der Waals surface area contributed by atoms with Crippen molar-refractivity contribution >= 4 is 17.7 Å². The minimum Gasteiger partial charge on any atom is -0.323 e. The van der Waals surface area contributed by atoms with Gasteiger partial charge in [-0.1, -0.05) is 43.5 Å². The van der Waals surface area contributed by atoms with Gasteiger partial charge in [-0.05, 0) is 38.2 Å². The summed E-state index contributed by atoms with van der Waals surface area (Å²) in [4.78, 5) is 39.0. The average molecular weight is 328 g/mol. The molecule has 3 amide bonds. The third-order valence-electron chi connectivity index (χ3n) is 5.49. The summed E-state index contributed by atoms with van der Waals surface area (Å²) in [5, 5.41) is 2.88. The van der Waals surface area contributed by atoms with Gasteiger partial charge in [0.1, 0.15) is 5.54 Å². The van der Waals surface area contributed by atoms with Gasteiger partial charge in [-0.2, -0.15) is 0 Å². The van der Waals surface area contributed by atoms with Crippen molar-refractivity contribution in [3.8, 4) is 0 Å². The van der Waals surface area contributed by atoms with E-state index in [-0.39, 0.29) is 24.2 Å². The molecule has 5 nitrogen and oxygen atoms in total. The van der Waals surface area contributed by atoms with E-state index in [0.717, 1.165) is 35.3 Å². The van der Waals surface area contributed by atoms with Crippen LogP contribution in [0, 0.1) is 19.8 Å². The molecule has 1 saturated carbocycles. The highest BCUT2D eigenvalue weighted by Crippen LogP contribution is 2.38. The molecule has 1 saturated heterocycles. The molecule has 0 radical (unpaired) electrons. The van der Waals surface area contributed by atoms with Crippen LogP contribution in [0.15, 0.2) is 18.2 Å². The van der Waals surface area contributed by atoms with E-state index in [1.54, 1.807) is 6.07 Å². The van der Waals surface area contributed by atoms with Crippen LogP contribution in [0.4, 0.5) is 4.79 Å². The molecule has 2 atom stereocenters. The highest BCUT2D eigenvalue weighted by molar-refractivity contribution is 6.11. The molecular formula is C19H24N2O3. The fourth-order valence-corrected chi connectivity index (χ4v) is 3.99. The molecule has 2 aliphatic rings. The van der Waals surface area contributed by atoms with Gasteiger partial charge >= 0.3 is 6.03 Å². The minimum atomic E-state index is -0.808. The van der Waals surface area contributed by atoms with Gasteiger partial charge in [0.05, 0.1) is 6.54 Å². The number of amides is 3. The second kappa shape index (κ2) is 6.04. The Balaban J connectivity index is 1.81. The number of hydrogen-bond acceptors (Lipinski definition) is 3. The van der Waals surface area contributed by atoms with Gasteiger partial charge in [-0.15, -0.1) is 0 Å². The van der Waals surface area contributed by atoms with Gasteiger partial charge < -0.3 is 5.32 Å². The van der Waals surface area contributed by atoms with Crippen molar-refractivity contribution in [1.82, 2.24) is 10.2 Å². The first-order valence-corrected chi connectivity index (χ1v) is 8.60. The average Bonchev–Trinajstić information content (AvgIpc) is 2.75. The van der Waals surface area contributed by atoms with Crippen molar-refractivity contribution in [2.24, 2.45) is 5.92 Å². The Morgan fingerprint density at radius 2 is 2.04 bits per heavy atom. The molecule has 0 unspecified atom stereocenters. The first kappa shape index (κ1) is 16.7. The Morgan fingerprint density at radius 1 is 1.29 bits per heavy atom. The second-order valence-electron chi connectivity index (χ2n) is 7.18. The highest BCUT2D eigenvalue weighted by Gasteiger charge is 2.55. The van der Waals surface area contributed by atoms with Gasteiger partial charge in [0.25, 0.3) is 5.91 Å². The second-order valence-corrected chi connectivity index (χ2v) is 7.18. The molecule has 1 N–H and O–H groups in total. The highest BCUT2D eigenvalue weighted by atomic mass is 16.2. The van der Waals surface area contributed by atoms with E-state index in [0.29, 0.717) is 12.0 Å². The smallest absolute Gasteiger partial charge is 0.323 e. The van der Waals surface area contributed by atoms with E-state index in [1.165, 1.54) is 0 Å². The monoisotopic (exact) mass is 328 g/mol. The lowest BCUT2D eigenvalue weighted by atomic mass is 9.73. The first-order chi connectivity index (χ1) is 11.3. The summed E-state index contributed by atoms with van der Waals surface area (Å²) in [7, 11) is 0. The summed E-state index contributed by atoms with van der Waals surface area (Å²) in [6.07, 6.45) is 3.58. The number of nitrogens with zero attached hydrogens (tertiary/aromatic N) is 1. The molecule has 1 aliphatic heterocycles. The van der Waals surface area contributed by atoms with Crippen molar-refractivity contribution in [2.45, 2.75) is 52.0 Å². The fourth-order valence-electron chi connectivity index (χ4n) is 3.99. The van der Waals surface area contributed by atoms with Crippen LogP contribution in [-0.2, 0) is 4.79 Å². The van der Waals surface area contributed by atoms with Crippen molar-refractivity contribution < 1.29 is 14.4 Å². The Labute approximate surface area is 142 Å². The van der Waals surface area contributed by atoms with Crippen LogP contribution in [-0.4, -0.2) is 34.7 Å². The van der Waals surface area contributed by atoms with Crippen LogP contribution in [0.5, 0.6) is 0 Å². The first-order valence-electron chi connectivity index (χ1n) is 8.60. The number of nitrogens with one attached hydrogen (secondary N) is 1. The number of hydrogen-bond donors (Lipinski definition) is 1. The lowest BCUT2D eigenvalue weighted by Crippen LogP contribution is -2.54. The van der Waals surface area contributed by atoms with E-state index in [4.69, 9.17) is 0 Å². The van der Waals surface area contributed by atoms with E-state index in [2.05, 4.69) is 5.32 Å². The van der Waals surface area contributed by atoms with Gasteiger partial charge in [-0.25, -0.2) is 4.79 Å². The molecule has 128 valence electrons. The van der Waals surface area contributed by atoms with E-state index < -0.39 is 11.6 Å². The maximum atomic E-state index is 12.9. The van der Waals surface area contributed by atoms with Crippen LogP contribution in [0.25, 0.3) is 0 Å². The fraction of sp³-hybridized carbons (Fsp3) is 0.526. The molecule has 1 aliphatic carbocycles. The number of Topliss-reactive ketones (excluding diaryl/α,β-unsaturated/α-hetero) is 1. The standard InChI is InChI=1S/C19H24N2O3/c1-12-7-8-15(13(2)10-12)16(22)11-21-17(23)19(20-18(21)24)9-5-4-6-14(19)3/h7-8,10,14H,4-6,9,11H2,1-3H3,(H,20,24)/t14-,19+/m1/s1. The molecule has 1 aromatic carbocycles. The van der Waals surface area contributed by atoms with E-state index in [1.807, 2.05) is 32.9 Å². The third kappa shape index (κ3) is 2.62. The summed E-state index contributed by atoms with van der Waals surface area (Å²) < 4.78 is 0. The molecular weight excluding hydrogens is 304 g/mol. The maximum absolute atomic E-state index is 12.9. The van der Waals surface area contributed by atoms with Gasteiger partial charge in [0, 0.05) is 5.56 Å². The summed E-state index contributed by atoms with van der Waals surface area (Å²) in [6, 6.07) is 5.14. The predicted molar refractivity (Wildman–Crippen MR) is 90.9 cm³/mol. The van der Waals surface area contributed by atoms with Crippen molar-refractivity contribution in [3.63, 3.8) is 0 Å². The Kier molecular flexibility index (Phi) is 4.20. The van der Waals surface area contributed by atoms with E-state index in [9.17, 15) is 14.4 Å². The molecule has 1 heterocycles. The minimum absolute atomic E-state index is 0.101. The number of carbonyl (C=O) groups is 3. The van der Waals surface area contributed by atoms with Gasteiger partial charge in [0.2, 0.25) is 0 Å². The third-order valence-corrected chi connectivity index (χ3v) is 5.49. The lowest BCUT2D eigenvalue weighted by molar-refractivity contribution is -0.133. The Morgan fingerprint density at radius 3 is 2.71 bits per heavy atom. The molecule has 0 aromatic heterocycles. The topological polar surface area (TPSA) is 66.5 Å². The van der Waals surface area contributed by atoms with Crippen molar-refractivity contribution in [2.75, 3.05) is 6.54 Å². The zero-order valence-corrected chi connectivity index (χ0v) is 14.5. The summed E-state index contributed by atoms with van der Waals surface area (Å²) >= 11 is 0. The van der Waals surface area contributed by atoms with Crippen molar-refractivity contribution in [3.05, 3.63) is 34.9 Å². The Bertz CT molecular complexity index is 713. The van der Waals surface area contributed by atoms with Crippen LogP contribution < -0.4 is 5.32 Å². The Hall–Kier alpha value is -2.17.